The lowest BCUT2D eigenvalue weighted by Gasteiger charge is -2.16. The number of benzene rings is 1. The number of carbonyl (C=O) groups excluding carboxylic acids is 1. The van der Waals surface area contributed by atoms with Gasteiger partial charge in [-0.05, 0) is 28.5 Å². The van der Waals surface area contributed by atoms with E-state index >= 15 is 0 Å². The Bertz CT molecular complexity index is 800. The van der Waals surface area contributed by atoms with E-state index in [0.717, 1.165) is 17.1 Å². The molecule has 0 aliphatic rings. The Hall–Kier alpha value is -2.27. The van der Waals surface area contributed by atoms with Crippen molar-refractivity contribution in [3.63, 3.8) is 0 Å². The molecule has 106 valence electrons. The number of amides is 1. The molecule has 0 atom stereocenters. The Morgan fingerprint density at radius 1 is 1.33 bits per heavy atom. The van der Waals surface area contributed by atoms with E-state index in [1.165, 1.54) is 17.0 Å². The van der Waals surface area contributed by atoms with Crippen LogP contribution in [0, 0.1) is 5.82 Å². The fourth-order valence-corrected chi connectivity index (χ4v) is 3.19. The van der Waals surface area contributed by atoms with Crippen molar-refractivity contribution in [2.75, 3.05) is 7.05 Å². The van der Waals surface area contributed by atoms with Crippen LogP contribution in [-0.4, -0.2) is 22.8 Å². The van der Waals surface area contributed by atoms with Crippen LogP contribution >= 0.6 is 11.3 Å². The van der Waals surface area contributed by atoms with E-state index in [1.54, 1.807) is 23.3 Å². The lowest BCUT2D eigenvalue weighted by atomic mass is 10.1. The summed E-state index contributed by atoms with van der Waals surface area (Å²) in [5.41, 5.74) is 1.35. The first-order chi connectivity index (χ1) is 10.1. The van der Waals surface area contributed by atoms with Gasteiger partial charge in [0, 0.05) is 24.5 Å². The van der Waals surface area contributed by atoms with Crippen molar-refractivity contribution in [3.05, 3.63) is 65.0 Å². The van der Waals surface area contributed by atoms with Gasteiger partial charge in [0.2, 0.25) is 0 Å². The second-order valence-electron chi connectivity index (χ2n) is 4.81. The van der Waals surface area contributed by atoms with Gasteiger partial charge in [0.15, 0.2) is 0 Å². The minimum absolute atomic E-state index is 0.239. The molecule has 0 saturated heterocycles. The van der Waals surface area contributed by atoms with Gasteiger partial charge in [-0.15, -0.1) is 11.3 Å². The second-order valence-corrected chi connectivity index (χ2v) is 5.72. The normalized spacial score (nSPS) is 10.8. The number of thiophene rings is 1. The molecule has 21 heavy (non-hydrogen) atoms. The Kier molecular flexibility index (Phi) is 3.66. The number of pyridine rings is 1. The number of hydrogen-bond donors (Lipinski definition) is 0. The fraction of sp³-hybridized carbons (Fsp3) is 0.125. The summed E-state index contributed by atoms with van der Waals surface area (Å²) in [7, 11) is 1.71. The Balaban J connectivity index is 1.83. The number of halogens is 1. The van der Waals surface area contributed by atoms with E-state index in [1.807, 2.05) is 18.2 Å². The van der Waals surface area contributed by atoms with E-state index in [-0.39, 0.29) is 11.5 Å². The van der Waals surface area contributed by atoms with Crippen LogP contribution in [0.4, 0.5) is 4.39 Å². The minimum Gasteiger partial charge on any atom is -0.337 e. The maximum atomic E-state index is 13.1. The van der Waals surface area contributed by atoms with Gasteiger partial charge >= 0.3 is 0 Å². The zero-order chi connectivity index (χ0) is 14.8. The van der Waals surface area contributed by atoms with Crippen LogP contribution in [0.2, 0.25) is 0 Å². The predicted molar refractivity (Wildman–Crippen MR) is 81.8 cm³/mol. The number of carbonyl (C=O) groups is 1. The zero-order valence-corrected chi connectivity index (χ0v) is 12.2. The first-order valence-corrected chi connectivity index (χ1v) is 7.34. The summed E-state index contributed by atoms with van der Waals surface area (Å²) in [5, 5.41) is 3.21. The number of rotatable bonds is 3. The summed E-state index contributed by atoms with van der Waals surface area (Å²) in [4.78, 5) is 17.6. The molecule has 1 amide bonds. The summed E-state index contributed by atoms with van der Waals surface area (Å²) in [6, 6.07) is 9.29. The molecule has 0 unspecified atom stereocenters. The highest BCUT2D eigenvalue weighted by Gasteiger charge is 2.14. The molecule has 0 radical (unpaired) electrons. The summed E-state index contributed by atoms with van der Waals surface area (Å²) >= 11 is 1.66. The lowest BCUT2D eigenvalue weighted by Crippen LogP contribution is -2.26. The molecule has 3 nitrogen and oxygen atoms in total. The van der Waals surface area contributed by atoms with E-state index in [4.69, 9.17) is 0 Å². The van der Waals surface area contributed by atoms with Crippen LogP contribution in [0.25, 0.3) is 10.1 Å². The first kappa shape index (κ1) is 13.7. The summed E-state index contributed by atoms with van der Waals surface area (Å²) < 4.78 is 14.3. The minimum atomic E-state index is -0.504. The Labute approximate surface area is 125 Å². The molecule has 0 fully saturated rings. The summed E-state index contributed by atoms with van der Waals surface area (Å²) in [6.07, 6.45) is 2.47. The van der Waals surface area contributed by atoms with Crippen molar-refractivity contribution >= 4 is 27.3 Å². The maximum Gasteiger partial charge on any atom is 0.255 e. The highest BCUT2D eigenvalue weighted by molar-refractivity contribution is 7.17. The van der Waals surface area contributed by atoms with E-state index in [0.29, 0.717) is 6.54 Å². The van der Waals surface area contributed by atoms with Gasteiger partial charge in [0.05, 0.1) is 11.8 Å². The van der Waals surface area contributed by atoms with Crippen LogP contribution in [0.15, 0.2) is 48.1 Å². The molecule has 0 spiro atoms. The fourth-order valence-electron chi connectivity index (χ4n) is 2.23. The van der Waals surface area contributed by atoms with E-state index < -0.39 is 5.82 Å². The van der Waals surface area contributed by atoms with Gasteiger partial charge in [0.25, 0.3) is 5.91 Å². The molecule has 0 aliphatic carbocycles. The van der Waals surface area contributed by atoms with Gasteiger partial charge in [0.1, 0.15) is 5.82 Å². The zero-order valence-electron chi connectivity index (χ0n) is 11.4. The molecule has 0 aliphatic heterocycles. The number of hydrogen-bond acceptors (Lipinski definition) is 3. The Morgan fingerprint density at radius 3 is 2.95 bits per heavy atom. The molecule has 5 heteroatoms. The summed E-state index contributed by atoms with van der Waals surface area (Å²) in [5.74, 6) is -0.743. The van der Waals surface area contributed by atoms with Crippen molar-refractivity contribution in [1.82, 2.24) is 9.88 Å². The standard InChI is InChI=1S/C16H13FN2OS/c1-19(16(20)11-6-13(17)8-18-7-11)9-12-10-21-15-5-3-2-4-14(12)15/h2-8,10H,9H2,1H3. The third-order valence-corrected chi connectivity index (χ3v) is 4.28. The maximum absolute atomic E-state index is 13.1. The highest BCUT2D eigenvalue weighted by atomic mass is 32.1. The molecule has 3 rings (SSSR count). The number of aromatic nitrogens is 1. The largest absolute Gasteiger partial charge is 0.337 e. The van der Waals surface area contributed by atoms with Crippen molar-refractivity contribution in [2.45, 2.75) is 6.54 Å². The van der Waals surface area contributed by atoms with Crippen molar-refractivity contribution in [2.24, 2.45) is 0 Å². The third kappa shape index (κ3) is 2.78. The lowest BCUT2D eigenvalue weighted by molar-refractivity contribution is 0.0785. The molecule has 3 aromatic rings. The quantitative estimate of drug-likeness (QED) is 0.739. The average molecular weight is 300 g/mol. The first-order valence-electron chi connectivity index (χ1n) is 6.46. The Morgan fingerprint density at radius 2 is 2.14 bits per heavy atom. The van der Waals surface area contributed by atoms with Crippen LogP contribution < -0.4 is 0 Å². The summed E-state index contributed by atoms with van der Waals surface area (Å²) in [6.45, 7) is 0.485. The van der Waals surface area contributed by atoms with Crippen LogP contribution in [-0.2, 0) is 6.54 Å². The van der Waals surface area contributed by atoms with E-state index in [2.05, 4.69) is 16.4 Å². The van der Waals surface area contributed by atoms with Gasteiger partial charge in [-0.2, -0.15) is 0 Å². The predicted octanol–water partition coefficient (Wildman–Crippen LogP) is 3.71. The average Bonchev–Trinajstić information content (AvgIpc) is 2.90. The van der Waals surface area contributed by atoms with Gasteiger partial charge in [-0.3, -0.25) is 9.78 Å². The van der Waals surface area contributed by atoms with E-state index in [9.17, 15) is 9.18 Å². The van der Waals surface area contributed by atoms with Crippen molar-refractivity contribution < 1.29 is 9.18 Å². The monoisotopic (exact) mass is 300 g/mol. The smallest absolute Gasteiger partial charge is 0.255 e. The topological polar surface area (TPSA) is 33.2 Å². The van der Waals surface area contributed by atoms with Gasteiger partial charge in [-0.1, -0.05) is 18.2 Å². The van der Waals surface area contributed by atoms with Crippen LogP contribution in [0.5, 0.6) is 0 Å². The molecule has 1 aromatic carbocycles. The van der Waals surface area contributed by atoms with Crippen molar-refractivity contribution in [1.29, 1.82) is 0 Å². The number of fused-ring (bicyclic) bond motifs is 1. The number of nitrogens with zero attached hydrogens (tertiary/aromatic N) is 2. The third-order valence-electron chi connectivity index (χ3n) is 3.27. The van der Waals surface area contributed by atoms with Crippen LogP contribution in [0.1, 0.15) is 15.9 Å². The SMILES string of the molecule is CN(Cc1csc2ccccc12)C(=O)c1cncc(F)c1. The molecule has 0 bridgehead atoms. The molecular weight excluding hydrogens is 287 g/mol. The van der Waals surface area contributed by atoms with Crippen LogP contribution in [0.3, 0.4) is 0 Å². The molecular formula is C16H13FN2OS. The van der Waals surface area contributed by atoms with Crippen molar-refractivity contribution in [3.8, 4) is 0 Å². The second kappa shape index (κ2) is 5.61. The molecule has 0 saturated carbocycles. The molecule has 2 heterocycles. The van der Waals surface area contributed by atoms with Gasteiger partial charge < -0.3 is 4.90 Å². The van der Waals surface area contributed by atoms with Gasteiger partial charge in [-0.25, -0.2) is 4.39 Å². The highest BCUT2D eigenvalue weighted by Crippen LogP contribution is 2.26. The molecule has 2 aromatic heterocycles. The molecule has 0 N–H and O–H groups in total.